The number of aliphatic hydroxyl groups excluding tert-OH is 1. The van der Waals surface area contributed by atoms with E-state index in [4.69, 9.17) is 14.7 Å². The molecule has 0 heterocycles. The molecule has 8 heteroatoms. The fourth-order valence-electron chi connectivity index (χ4n) is 0.309. The van der Waals surface area contributed by atoms with Crippen LogP contribution in [0.25, 0.3) is 0 Å². The van der Waals surface area contributed by atoms with Gasteiger partial charge in [-0.3, -0.25) is 6.29 Å². The second-order valence-corrected chi connectivity index (χ2v) is 2.57. The van der Waals surface area contributed by atoms with E-state index in [9.17, 15) is 9.59 Å². The Morgan fingerprint density at radius 1 is 1.20 bits per heavy atom. The maximum Gasteiger partial charge on any atom is 1.00 e. The van der Waals surface area contributed by atoms with E-state index in [1.54, 1.807) is 6.92 Å². The SMILES string of the molecule is C.CC(O)CC=O.CO[CH-]CC=O.O=[C-]CC=O.[K+].[K+]. The van der Waals surface area contributed by atoms with Crippen molar-refractivity contribution >= 4 is 25.1 Å². The first-order chi connectivity index (χ1) is 8.10. The quantitative estimate of drug-likeness (QED) is 0.163. The van der Waals surface area contributed by atoms with Crippen molar-refractivity contribution < 1.29 is 132 Å². The number of ether oxygens (including phenoxy) is 1. The standard InChI is InChI=1S/C4H7O2.C4H8O2.C3H3O2.CH4.2K/c1-6-4-2-3-5;1-4(6)2-3-5;4-2-1-3-5;;;/h3-4H,2H2,1H3;3-4,6H,2H2,1H3;2H,1H2;1H4;;/q-1;;-1;;2*+1. The van der Waals surface area contributed by atoms with Crippen LogP contribution in [0.3, 0.4) is 0 Å². The van der Waals surface area contributed by atoms with Crippen molar-refractivity contribution in [2.75, 3.05) is 7.11 Å². The van der Waals surface area contributed by atoms with Crippen LogP contribution in [-0.2, 0) is 23.9 Å². The van der Waals surface area contributed by atoms with Gasteiger partial charge in [0.1, 0.15) is 6.29 Å². The van der Waals surface area contributed by atoms with Crippen molar-refractivity contribution in [1.29, 1.82) is 0 Å². The molecular weight excluding hydrogens is 318 g/mol. The molecule has 0 saturated heterocycles. The van der Waals surface area contributed by atoms with E-state index < -0.39 is 6.10 Å². The topological polar surface area (TPSA) is 97.7 Å². The van der Waals surface area contributed by atoms with E-state index in [2.05, 4.69) is 4.74 Å². The van der Waals surface area contributed by atoms with Crippen molar-refractivity contribution in [3.63, 3.8) is 0 Å². The maximum absolute atomic E-state index is 9.46. The molecule has 0 bridgehead atoms. The molecule has 0 aromatic carbocycles. The van der Waals surface area contributed by atoms with Crippen LogP contribution >= 0.6 is 0 Å². The zero-order chi connectivity index (χ0) is 13.9. The number of rotatable bonds is 7. The van der Waals surface area contributed by atoms with Gasteiger partial charge in [-0.25, -0.2) is 6.61 Å². The van der Waals surface area contributed by atoms with Crippen molar-refractivity contribution in [2.45, 2.75) is 39.7 Å². The molecule has 0 aliphatic heterocycles. The Morgan fingerprint density at radius 2 is 1.70 bits per heavy atom. The van der Waals surface area contributed by atoms with E-state index >= 15 is 0 Å². The molecule has 0 aromatic heterocycles. The molecule has 0 saturated carbocycles. The molecule has 0 aromatic rings. The summed E-state index contributed by atoms with van der Waals surface area (Å²) < 4.78 is 4.43. The van der Waals surface area contributed by atoms with E-state index in [1.165, 1.54) is 20.0 Å². The fraction of sp³-hybridized carbons (Fsp3) is 0.583. The van der Waals surface area contributed by atoms with E-state index in [-0.39, 0.29) is 123 Å². The summed E-state index contributed by atoms with van der Waals surface area (Å²) in [4.78, 5) is 37.1. The van der Waals surface area contributed by atoms with Crippen LogP contribution in [0.4, 0.5) is 0 Å². The maximum atomic E-state index is 9.46. The van der Waals surface area contributed by atoms with Gasteiger partial charge in [0.2, 0.25) is 0 Å². The Hall–Kier alpha value is 1.87. The summed E-state index contributed by atoms with van der Waals surface area (Å²) >= 11 is 0. The van der Waals surface area contributed by atoms with E-state index in [0.29, 0.717) is 19.0 Å². The molecule has 0 aliphatic carbocycles. The first-order valence-corrected chi connectivity index (χ1v) is 4.79. The molecule has 0 amide bonds. The molecule has 108 valence electrons. The van der Waals surface area contributed by atoms with E-state index in [1.807, 2.05) is 0 Å². The van der Waals surface area contributed by atoms with Crippen LogP contribution in [0.1, 0.15) is 33.6 Å². The van der Waals surface area contributed by atoms with Gasteiger partial charge >= 0.3 is 103 Å². The number of methoxy groups -OCH3 is 1. The molecule has 1 atom stereocenters. The smallest absolute Gasteiger partial charge is 0.554 e. The van der Waals surface area contributed by atoms with Crippen LogP contribution in [0.2, 0.25) is 0 Å². The zero-order valence-corrected chi connectivity index (χ0v) is 18.2. The summed E-state index contributed by atoms with van der Waals surface area (Å²) in [5, 5.41) is 8.32. The van der Waals surface area contributed by atoms with Gasteiger partial charge in [-0.05, 0) is 14.0 Å². The molecule has 1 N–H and O–H groups in total. The molecule has 20 heavy (non-hydrogen) atoms. The minimum Gasteiger partial charge on any atom is -0.554 e. The number of aliphatic hydroxyl groups is 1. The molecule has 0 radical (unpaired) electrons. The first-order valence-electron chi connectivity index (χ1n) is 4.79. The van der Waals surface area contributed by atoms with Crippen LogP contribution in [-0.4, -0.2) is 43.5 Å². The Bertz CT molecular complexity index is 183. The summed E-state index contributed by atoms with van der Waals surface area (Å²) in [5.41, 5.74) is 0. The number of hydrogen-bond acceptors (Lipinski definition) is 6. The summed E-state index contributed by atoms with van der Waals surface area (Å²) in [6, 6.07) is 0. The predicted octanol–water partition coefficient (Wildman–Crippen LogP) is -5.33. The summed E-state index contributed by atoms with van der Waals surface area (Å²) in [7, 11) is 1.52. The summed E-state index contributed by atoms with van der Waals surface area (Å²) in [6.07, 6.45) is 3.45. The van der Waals surface area contributed by atoms with Gasteiger partial charge in [0.05, 0.1) is 18.7 Å². The first kappa shape index (κ1) is 37.8. The van der Waals surface area contributed by atoms with Gasteiger partial charge in [0.25, 0.3) is 0 Å². The number of carbonyl (C=O) groups is 3. The Labute approximate surface area is 206 Å². The van der Waals surface area contributed by atoms with Crippen LogP contribution in [0, 0.1) is 6.61 Å². The molecule has 6 nitrogen and oxygen atoms in total. The number of aldehydes is 3. The van der Waals surface area contributed by atoms with Gasteiger partial charge in [-0.1, -0.05) is 13.8 Å². The second-order valence-electron chi connectivity index (χ2n) is 2.57. The third-order valence-corrected chi connectivity index (χ3v) is 0.963. The van der Waals surface area contributed by atoms with Gasteiger partial charge in [-0.2, -0.15) is 0 Å². The monoisotopic (exact) mass is 340 g/mol. The van der Waals surface area contributed by atoms with Crippen molar-refractivity contribution in [2.24, 2.45) is 0 Å². The number of carbonyl (C=O) groups excluding carboxylic acids is 4. The second kappa shape index (κ2) is 42.8. The molecule has 0 fully saturated rings. The minimum atomic E-state index is -0.470. The number of hydrogen-bond donors (Lipinski definition) is 1. The molecular formula is C12H22K2O6. The average molecular weight is 340 g/mol. The Morgan fingerprint density at radius 3 is 1.75 bits per heavy atom. The van der Waals surface area contributed by atoms with Gasteiger partial charge in [0.15, 0.2) is 0 Å². The Kier molecular flexibility index (Phi) is 81.0. The predicted molar refractivity (Wildman–Crippen MR) is 67.5 cm³/mol. The van der Waals surface area contributed by atoms with Gasteiger partial charge < -0.3 is 29.0 Å². The molecule has 0 rings (SSSR count). The van der Waals surface area contributed by atoms with Crippen LogP contribution in [0.5, 0.6) is 0 Å². The fourth-order valence-corrected chi connectivity index (χ4v) is 0.309. The zero-order valence-electron chi connectivity index (χ0n) is 12.0. The average Bonchev–Trinajstić information content (AvgIpc) is 2.29. The van der Waals surface area contributed by atoms with Crippen molar-refractivity contribution in [3.05, 3.63) is 6.61 Å². The molecule has 1 unspecified atom stereocenters. The van der Waals surface area contributed by atoms with Crippen LogP contribution < -0.4 is 103 Å². The third-order valence-electron chi connectivity index (χ3n) is 0.963. The van der Waals surface area contributed by atoms with E-state index in [0.717, 1.165) is 6.29 Å². The van der Waals surface area contributed by atoms with Gasteiger partial charge in [-0.15, -0.1) is 6.42 Å². The molecule has 0 aliphatic rings. The third kappa shape index (κ3) is 72.6. The largest absolute Gasteiger partial charge is 1.00 e. The summed E-state index contributed by atoms with van der Waals surface area (Å²) in [5.74, 6) is 0. The Balaban J connectivity index is -0.0000000343. The van der Waals surface area contributed by atoms with Crippen LogP contribution in [0.15, 0.2) is 0 Å². The molecule has 0 spiro atoms. The normalized spacial score (nSPS) is 8.15. The van der Waals surface area contributed by atoms with Crippen molar-refractivity contribution in [1.82, 2.24) is 0 Å². The van der Waals surface area contributed by atoms with Crippen molar-refractivity contribution in [3.8, 4) is 0 Å². The summed E-state index contributed by atoms with van der Waals surface area (Å²) in [6.45, 7) is 3.02. The minimum absolute atomic E-state index is 0. The van der Waals surface area contributed by atoms with Gasteiger partial charge in [0, 0.05) is 6.42 Å².